The molecule has 2 amide bonds. The fourth-order valence-corrected chi connectivity index (χ4v) is 8.45. The van der Waals surface area contributed by atoms with Crippen LogP contribution in [0.5, 0.6) is 28.7 Å². The SMILES string of the molecule is COc1c(C)cc2c(c1O)[C@H]1N[C@@H](C2)C(C#N)N2C1Cc1c(OC(C)=O)c(C)c3c(c1[C@@H]2CN1C(=O)c2ccccc2C1=O)OCO3. The monoisotopic (exact) mass is 636 g/mol. The van der Waals surface area contributed by atoms with E-state index in [0.29, 0.717) is 69.2 Å². The third-order valence-electron chi connectivity index (χ3n) is 10.2. The van der Waals surface area contributed by atoms with E-state index in [1.165, 1.54) is 18.9 Å². The second-order valence-electron chi connectivity index (χ2n) is 12.7. The first kappa shape index (κ1) is 29.3. The number of piperazine rings is 1. The maximum absolute atomic E-state index is 13.7. The number of carbonyl (C=O) groups excluding carboxylic acids is 3. The molecule has 12 heteroatoms. The zero-order chi connectivity index (χ0) is 32.9. The van der Waals surface area contributed by atoms with Crippen molar-refractivity contribution in [3.8, 4) is 34.8 Å². The number of ether oxygens (including phenoxy) is 4. The molecule has 3 aromatic rings. The first-order valence-corrected chi connectivity index (χ1v) is 15.6. The number of rotatable bonds is 4. The Morgan fingerprint density at radius 2 is 1.79 bits per heavy atom. The third-order valence-corrected chi connectivity index (χ3v) is 10.2. The molecule has 5 heterocycles. The van der Waals surface area contributed by atoms with Gasteiger partial charge in [-0.25, -0.2) is 0 Å². The highest BCUT2D eigenvalue weighted by Crippen LogP contribution is 2.57. The molecule has 1 saturated heterocycles. The summed E-state index contributed by atoms with van der Waals surface area (Å²) in [6.07, 6.45) is 0.758. The number of nitriles is 1. The van der Waals surface area contributed by atoms with Crippen LogP contribution in [-0.2, 0) is 17.6 Å². The first-order valence-electron chi connectivity index (χ1n) is 15.6. The molecular formula is C35H32N4O8. The number of fused-ring (bicyclic) bond motifs is 10. The Kier molecular flexibility index (Phi) is 6.51. The second kappa shape index (κ2) is 10.4. The van der Waals surface area contributed by atoms with Crippen molar-refractivity contribution in [3.63, 3.8) is 0 Å². The van der Waals surface area contributed by atoms with Crippen LogP contribution in [0.25, 0.3) is 0 Å². The van der Waals surface area contributed by atoms with Gasteiger partial charge in [0.05, 0.1) is 36.4 Å². The van der Waals surface area contributed by atoms with Crippen LogP contribution in [0, 0.1) is 25.2 Å². The van der Waals surface area contributed by atoms with Gasteiger partial charge in [-0.05, 0) is 49.9 Å². The van der Waals surface area contributed by atoms with E-state index in [0.717, 1.165) is 11.1 Å². The minimum atomic E-state index is -0.746. The number of benzene rings is 3. The number of hydrogen-bond donors (Lipinski definition) is 2. The number of methoxy groups -OCH3 is 1. The molecule has 5 atom stereocenters. The van der Waals surface area contributed by atoms with Crippen molar-refractivity contribution in [2.45, 2.75) is 63.8 Å². The molecule has 0 aliphatic carbocycles. The third kappa shape index (κ3) is 4.03. The van der Waals surface area contributed by atoms with Crippen LogP contribution < -0.4 is 24.3 Å². The van der Waals surface area contributed by atoms with E-state index < -0.39 is 42.0 Å². The highest BCUT2D eigenvalue weighted by atomic mass is 16.7. The Morgan fingerprint density at radius 3 is 2.45 bits per heavy atom. The number of aromatic hydroxyl groups is 1. The van der Waals surface area contributed by atoms with Gasteiger partial charge in [-0.3, -0.25) is 24.2 Å². The molecule has 0 saturated carbocycles. The van der Waals surface area contributed by atoms with E-state index in [-0.39, 0.29) is 25.1 Å². The molecule has 0 radical (unpaired) electrons. The zero-order valence-corrected chi connectivity index (χ0v) is 26.2. The molecule has 47 heavy (non-hydrogen) atoms. The molecule has 0 spiro atoms. The number of nitrogens with zero attached hydrogens (tertiary/aromatic N) is 3. The zero-order valence-electron chi connectivity index (χ0n) is 26.2. The molecule has 2 unspecified atom stereocenters. The van der Waals surface area contributed by atoms with Crippen molar-refractivity contribution >= 4 is 17.8 Å². The van der Waals surface area contributed by atoms with E-state index in [1.807, 2.05) is 13.0 Å². The van der Waals surface area contributed by atoms with Gasteiger partial charge >= 0.3 is 5.97 Å². The van der Waals surface area contributed by atoms with Crippen LogP contribution in [0.2, 0.25) is 0 Å². The molecule has 1 fully saturated rings. The number of esters is 1. The number of imide groups is 1. The summed E-state index contributed by atoms with van der Waals surface area (Å²) in [6.45, 7) is 4.83. The number of carbonyl (C=O) groups is 3. The average molecular weight is 637 g/mol. The number of amides is 2. The van der Waals surface area contributed by atoms with Gasteiger partial charge in [0.1, 0.15) is 11.8 Å². The Morgan fingerprint density at radius 1 is 1.09 bits per heavy atom. The number of phenols is 1. The predicted octanol–water partition coefficient (Wildman–Crippen LogP) is 3.40. The summed E-state index contributed by atoms with van der Waals surface area (Å²) in [6, 6.07) is 8.49. The van der Waals surface area contributed by atoms with E-state index in [2.05, 4.69) is 16.3 Å². The topological polar surface area (TPSA) is 151 Å². The van der Waals surface area contributed by atoms with Gasteiger partial charge in [0.2, 0.25) is 6.79 Å². The lowest BCUT2D eigenvalue weighted by Crippen LogP contribution is -2.68. The number of hydrogen-bond acceptors (Lipinski definition) is 11. The maximum Gasteiger partial charge on any atom is 0.308 e. The quantitative estimate of drug-likeness (QED) is 0.246. The lowest BCUT2D eigenvalue weighted by Gasteiger charge is -2.57. The van der Waals surface area contributed by atoms with Crippen LogP contribution in [0.4, 0.5) is 0 Å². The van der Waals surface area contributed by atoms with Gasteiger partial charge in [-0.15, -0.1) is 0 Å². The smallest absolute Gasteiger partial charge is 0.308 e. The maximum atomic E-state index is 13.7. The van der Waals surface area contributed by atoms with Gasteiger partial charge in [0.15, 0.2) is 23.0 Å². The van der Waals surface area contributed by atoms with Crippen LogP contribution in [0.1, 0.15) is 73.1 Å². The predicted molar refractivity (Wildman–Crippen MR) is 165 cm³/mol. The molecule has 2 N–H and O–H groups in total. The Hall–Kier alpha value is -5.12. The summed E-state index contributed by atoms with van der Waals surface area (Å²) < 4.78 is 23.4. The molecular weight excluding hydrogens is 604 g/mol. The summed E-state index contributed by atoms with van der Waals surface area (Å²) in [5.74, 6) is 0.194. The molecule has 3 aromatic carbocycles. The summed E-state index contributed by atoms with van der Waals surface area (Å²) in [7, 11) is 1.51. The number of nitrogens with one attached hydrogen (secondary N) is 1. The highest BCUT2D eigenvalue weighted by Gasteiger charge is 2.55. The van der Waals surface area contributed by atoms with E-state index in [1.54, 1.807) is 31.2 Å². The lowest BCUT2D eigenvalue weighted by molar-refractivity contribution is -0.132. The van der Waals surface area contributed by atoms with Gasteiger partial charge in [0.25, 0.3) is 11.8 Å². The van der Waals surface area contributed by atoms with E-state index in [4.69, 9.17) is 18.9 Å². The number of aryl methyl sites for hydroxylation is 1. The summed E-state index contributed by atoms with van der Waals surface area (Å²) in [5, 5.41) is 26.0. The van der Waals surface area contributed by atoms with Crippen LogP contribution in [-0.4, -0.2) is 71.3 Å². The molecule has 0 aromatic heterocycles. The van der Waals surface area contributed by atoms with Crippen LogP contribution in [0.15, 0.2) is 30.3 Å². The molecule has 2 bridgehead atoms. The summed E-state index contributed by atoms with van der Waals surface area (Å²) >= 11 is 0. The average Bonchev–Trinajstić information content (AvgIpc) is 3.63. The molecule has 5 aliphatic rings. The van der Waals surface area contributed by atoms with Gasteiger partial charge in [-0.1, -0.05) is 18.2 Å². The number of phenolic OH excluding ortho intramolecular Hbond substituents is 1. The highest BCUT2D eigenvalue weighted by molar-refractivity contribution is 6.21. The fraction of sp³-hybridized carbons (Fsp3) is 0.371. The van der Waals surface area contributed by atoms with Crippen molar-refractivity contribution in [2.24, 2.45) is 0 Å². The van der Waals surface area contributed by atoms with E-state index in [9.17, 15) is 24.8 Å². The Bertz CT molecular complexity index is 1930. The standard InChI is InChI=1S/C35H32N4O8/c1-15-9-18-10-22-24(12-36)39-23(28(37-22)26(18)29(41)30(15)44-4)11-21-27(33-32(45-14-46-33)16(2)31(21)47-17(3)40)25(39)13-38-34(42)19-7-5-6-8-20(19)35(38)43/h5-9,22-25,28,37,41H,10-11,13-14H2,1-4H3/t22-,23?,24?,25-,28-/m0/s1. The van der Waals surface area contributed by atoms with Crippen LogP contribution in [0.3, 0.4) is 0 Å². The Labute approximate surface area is 270 Å². The lowest BCUT2D eigenvalue weighted by atomic mass is 9.72. The molecule has 8 rings (SSSR count). The molecule has 5 aliphatic heterocycles. The molecule has 12 nitrogen and oxygen atoms in total. The minimum Gasteiger partial charge on any atom is -0.504 e. The normalized spacial score (nSPS) is 25.0. The Balaban J connectivity index is 1.36. The van der Waals surface area contributed by atoms with Gasteiger partial charge in [-0.2, -0.15) is 5.26 Å². The van der Waals surface area contributed by atoms with Crippen molar-refractivity contribution in [3.05, 3.63) is 74.8 Å². The van der Waals surface area contributed by atoms with Crippen molar-refractivity contribution in [1.29, 1.82) is 5.26 Å². The summed E-state index contributed by atoms with van der Waals surface area (Å²) in [4.78, 5) is 43.3. The molecule has 240 valence electrons. The minimum absolute atomic E-state index is 0.0265. The second-order valence-corrected chi connectivity index (χ2v) is 12.7. The van der Waals surface area contributed by atoms with E-state index >= 15 is 0 Å². The first-order chi connectivity index (χ1) is 22.6. The fourth-order valence-electron chi connectivity index (χ4n) is 8.45. The van der Waals surface area contributed by atoms with Crippen molar-refractivity contribution < 1.29 is 38.4 Å². The van der Waals surface area contributed by atoms with Gasteiger partial charge in [0, 0.05) is 47.8 Å². The van der Waals surface area contributed by atoms with Crippen molar-refractivity contribution in [2.75, 3.05) is 20.4 Å². The van der Waals surface area contributed by atoms with Gasteiger partial charge < -0.3 is 29.4 Å². The van der Waals surface area contributed by atoms with Crippen LogP contribution >= 0.6 is 0 Å². The largest absolute Gasteiger partial charge is 0.504 e. The summed E-state index contributed by atoms with van der Waals surface area (Å²) in [5.41, 5.74) is 4.85. The van der Waals surface area contributed by atoms with Crippen molar-refractivity contribution in [1.82, 2.24) is 15.1 Å².